The van der Waals surface area contributed by atoms with E-state index in [0.29, 0.717) is 5.92 Å². The molecule has 0 radical (unpaired) electrons. The Labute approximate surface area is 203 Å². The maximum atomic E-state index is 5.63. The third-order valence-corrected chi connectivity index (χ3v) is 8.61. The summed E-state index contributed by atoms with van der Waals surface area (Å²) in [6, 6.07) is 26.3. The van der Waals surface area contributed by atoms with E-state index in [1.807, 2.05) is 0 Å². The SMILES string of the molecule is COc1cccc([C@@]23CCN(Cc4ccccc4)CC2Cc2c([nH]c4c(Br)cccc24)C3)c1. The summed E-state index contributed by atoms with van der Waals surface area (Å²) >= 11 is 3.77. The van der Waals surface area contributed by atoms with Crippen LogP contribution < -0.4 is 4.74 Å². The molecule has 0 amide bonds. The van der Waals surface area contributed by atoms with Gasteiger partial charge in [0, 0.05) is 34.1 Å². The number of nitrogens with zero attached hydrogens (tertiary/aromatic N) is 1. The van der Waals surface area contributed by atoms with Gasteiger partial charge in [-0.25, -0.2) is 0 Å². The third-order valence-electron chi connectivity index (χ3n) is 7.95. The van der Waals surface area contributed by atoms with E-state index in [4.69, 9.17) is 4.74 Å². The predicted octanol–water partition coefficient (Wildman–Crippen LogP) is 6.50. The number of halogens is 1. The van der Waals surface area contributed by atoms with Gasteiger partial charge in [-0.1, -0.05) is 54.6 Å². The van der Waals surface area contributed by atoms with Crippen LogP contribution in [-0.2, 0) is 24.8 Å². The number of methoxy groups -OCH3 is 1. The topological polar surface area (TPSA) is 28.3 Å². The summed E-state index contributed by atoms with van der Waals surface area (Å²) in [7, 11) is 1.77. The zero-order valence-corrected chi connectivity index (χ0v) is 20.6. The van der Waals surface area contributed by atoms with Crippen molar-refractivity contribution < 1.29 is 4.74 Å². The molecule has 1 aliphatic heterocycles. The number of aromatic amines is 1. The molecular weight excluding hydrogens is 472 g/mol. The lowest BCUT2D eigenvalue weighted by molar-refractivity contribution is 0.0765. The molecule has 3 nitrogen and oxygen atoms in total. The van der Waals surface area contributed by atoms with E-state index in [0.717, 1.165) is 49.1 Å². The molecule has 4 aromatic rings. The van der Waals surface area contributed by atoms with Crippen molar-refractivity contribution in [1.29, 1.82) is 0 Å². The zero-order chi connectivity index (χ0) is 22.4. The Morgan fingerprint density at radius 3 is 2.76 bits per heavy atom. The highest BCUT2D eigenvalue weighted by Crippen LogP contribution is 2.50. The minimum Gasteiger partial charge on any atom is -0.497 e. The number of nitrogens with one attached hydrogen (secondary N) is 1. The lowest BCUT2D eigenvalue weighted by Gasteiger charge is -2.51. The first-order valence-corrected chi connectivity index (χ1v) is 12.6. The summed E-state index contributed by atoms with van der Waals surface area (Å²) < 4.78 is 6.78. The van der Waals surface area contributed by atoms with E-state index >= 15 is 0 Å². The van der Waals surface area contributed by atoms with Crippen LogP contribution in [0.1, 0.15) is 28.8 Å². The van der Waals surface area contributed by atoms with Gasteiger partial charge in [-0.15, -0.1) is 0 Å². The van der Waals surface area contributed by atoms with Gasteiger partial charge >= 0.3 is 0 Å². The first kappa shape index (κ1) is 21.0. The molecule has 0 saturated carbocycles. The Morgan fingerprint density at radius 1 is 1.06 bits per heavy atom. The Balaban J connectivity index is 1.42. The molecule has 1 N–H and O–H groups in total. The fourth-order valence-electron chi connectivity index (χ4n) is 6.27. The van der Waals surface area contributed by atoms with Crippen LogP contribution in [0.4, 0.5) is 0 Å². The predicted molar refractivity (Wildman–Crippen MR) is 138 cm³/mol. The Bertz CT molecular complexity index is 1300. The van der Waals surface area contributed by atoms with Crippen LogP contribution in [0.25, 0.3) is 10.9 Å². The number of para-hydroxylation sites is 1. The van der Waals surface area contributed by atoms with E-state index in [-0.39, 0.29) is 5.41 Å². The van der Waals surface area contributed by atoms with E-state index < -0.39 is 0 Å². The van der Waals surface area contributed by atoms with Crippen LogP contribution in [-0.4, -0.2) is 30.1 Å². The van der Waals surface area contributed by atoms with Crippen LogP contribution in [0.2, 0.25) is 0 Å². The molecule has 1 aromatic heterocycles. The molecule has 3 aromatic carbocycles. The van der Waals surface area contributed by atoms with Gasteiger partial charge in [-0.3, -0.25) is 4.90 Å². The van der Waals surface area contributed by atoms with Crippen molar-refractivity contribution >= 4 is 26.8 Å². The summed E-state index contributed by atoms with van der Waals surface area (Å²) in [4.78, 5) is 6.46. The lowest BCUT2D eigenvalue weighted by Crippen LogP contribution is -2.53. The summed E-state index contributed by atoms with van der Waals surface area (Å²) in [6.07, 6.45) is 3.32. The molecule has 1 aliphatic carbocycles. The van der Waals surface area contributed by atoms with Gasteiger partial charge in [-0.05, 0) is 82.5 Å². The fraction of sp³-hybridized carbons (Fsp3) is 0.310. The normalized spacial score (nSPS) is 22.7. The van der Waals surface area contributed by atoms with Crippen molar-refractivity contribution in [3.63, 3.8) is 0 Å². The Kier molecular flexibility index (Phi) is 5.31. The first-order chi connectivity index (χ1) is 16.2. The quantitative estimate of drug-likeness (QED) is 0.346. The molecule has 2 aliphatic rings. The van der Waals surface area contributed by atoms with E-state index in [2.05, 4.69) is 98.6 Å². The molecule has 2 atom stereocenters. The smallest absolute Gasteiger partial charge is 0.119 e. The molecule has 4 heteroatoms. The highest BCUT2D eigenvalue weighted by Gasteiger charge is 2.48. The first-order valence-electron chi connectivity index (χ1n) is 11.8. The number of hydrogen-bond donors (Lipinski definition) is 1. The largest absolute Gasteiger partial charge is 0.497 e. The van der Waals surface area contributed by atoms with E-state index in [1.165, 1.54) is 33.3 Å². The molecule has 33 heavy (non-hydrogen) atoms. The van der Waals surface area contributed by atoms with Gasteiger partial charge in [0.15, 0.2) is 0 Å². The molecule has 0 bridgehead atoms. The Hall–Kier alpha value is -2.56. The van der Waals surface area contributed by atoms with E-state index in [1.54, 1.807) is 7.11 Å². The summed E-state index contributed by atoms with van der Waals surface area (Å²) in [5.74, 6) is 1.52. The molecule has 1 saturated heterocycles. The summed E-state index contributed by atoms with van der Waals surface area (Å²) in [5, 5.41) is 1.37. The van der Waals surface area contributed by atoms with Gasteiger partial charge in [-0.2, -0.15) is 0 Å². The van der Waals surface area contributed by atoms with E-state index in [9.17, 15) is 0 Å². The monoisotopic (exact) mass is 500 g/mol. The number of aromatic nitrogens is 1. The zero-order valence-electron chi connectivity index (χ0n) is 19.0. The maximum Gasteiger partial charge on any atom is 0.119 e. The van der Waals surface area contributed by atoms with Gasteiger partial charge in [0.05, 0.1) is 12.6 Å². The number of H-pyrrole nitrogens is 1. The van der Waals surface area contributed by atoms with Gasteiger partial charge in [0.2, 0.25) is 0 Å². The molecular formula is C29H29BrN2O. The number of fused-ring (bicyclic) bond motifs is 4. The van der Waals surface area contributed by atoms with Crippen molar-refractivity contribution in [2.24, 2.45) is 5.92 Å². The average molecular weight is 501 g/mol. The molecule has 2 heterocycles. The number of benzene rings is 3. The van der Waals surface area contributed by atoms with Gasteiger partial charge in [0.1, 0.15) is 5.75 Å². The summed E-state index contributed by atoms with van der Waals surface area (Å²) in [6.45, 7) is 3.26. The number of rotatable bonds is 4. The third kappa shape index (κ3) is 3.60. The molecule has 0 spiro atoms. The van der Waals surface area contributed by atoms with Crippen molar-refractivity contribution in [2.45, 2.75) is 31.2 Å². The molecule has 1 fully saturated rings. The van der Waals surface area contributed by atoms with Gasteiger partial charge < -0.3 is 9.72 Å². The fourth-order valence-corrected chi connectivity index (χ4v) is 6.73. The van der Waals surface area contributed by atoms with Crippen LogP contribution in [0.5, 0.6) is 5.75 Å². The second kappa shape index (κ2) is 8.34. The second-order valence-corrected chi connectivity index (χ2v) is 10.5. The number of ether oxygens (including phenoxy) is 1. The molecule has 168 valence electrons. The highest BCUT2D eigenvalue weighted by molar-refractivity contribution is 9.10. The molecule has 1 unspecified atom stereocenters. The van der Waals surface area contributed by atoms with Crippen molar-refractivity contribution in [3.05, 3.63) is 99.7 Å². The van der Waals surface area contributed by atoms with Gasteiger partial charge in [0.25, 0.3) is 0 Å². The number of likely N-dealkylation sites (tertiary alicyclic amines) is 1. The van der Waals surface area contributed by atoms with Crippen LogP contribution >= 0.6 is 15.9 Å². The number of hydrogen-bond acceptors (Lipinski definition) is 2. The van der Waals surface area contributed by atoms with Crippen molar-refractivity contribution in [3.8, 4) is 5.75 Å². The minimum atomic E-state index is 0.127. The van der Waals surface area contributed by atoms with Crippen LogP contribution in [0.15, 0.2) is 77.3 Å². The lowest BCUT2D eigenvalue weighted by atomic mass is 9.58. The average Bonchev–Trinajstić information content (AvgIpc) is 3.22. The van der Waals surface area contributed by atoms with Crippen LogP contribution in [0, 0.1) is 5.92 Å². The van der Waals surface area contributed by atoms with Crippen molar-refractivity contribution in [1.82, 2.24) is 9.88 Å². The maximum absolute atomic E-state index is 5.63. The molecule has 6 rings (SSSR count). The van der Waals surface area contributed by atoms with Crippen LogP contribution in [0.3, 0.4) is 0 Å². The second-order valence-electron chi connectivity index (χ2n) is 9.68. The Morgan fingerprint density at radius 2 is 1.91 bits per heavy atom. The van der Waals surface area contributed by atoms with Crippen molar-refractivity contribution in [2.75, 3.05) is 20.2 Å². The summed E-state index contributed by atoms with van der Waals surface area (Å²) in [5.41, 5.74) is 7.11. The standard InChI is InChI=1S/C29H29BrN2O/c1-33-23-10-5-9-21(15-23)29-13-14-32(18-20-7-3-2-4-8-20)19-22(29)16-25-24-11-6-12-26(30)28(24)31-27(25)17-29/h2-12,15,22,31H,13-14,16-19H2,1H3/t22?,29-/m0/s1. The number of piperidine rings is 1. The minimum absolute atomic E-state index is 0.127. The highest BCUT2D eigenvalue weighted by atomic mass is 79.9.